The lowest BCUT2D eigenvalue weighted by Gasteiger charge is -2.20. The zero-order chi connectivity index (χ0) is 29.6. The Morgan fingerprint density at radius 3 is 1.20 bits per heavy atom. The van der Waals surface area contributed by atoms with Crippen LogP contribution in [0.4, 0.5) is 0 Å². The number of thiocarbonyl (C=S) groups is 2. The van der Waals surface area contributed by atoms with Crippen molar-refractivity contribution in [2.45, 2.75) is 52.4 Å². The summed E-state index contributed by atoms with van der Waals surface area (Å²) in [4.78, 5) is 52.1. The second-order valence-electron chi connectivity index (χ2n) is 11.2. The highest BCUT2D eigenvalue weighted by Gasteiger charge is 2.43. The Morgan fingerprint density at radius 2 is 0.925 bits per heavy atom. The molecule has 0 unspecified atom stereocenters. The smallest absolute Gasteiger partial charge is 0.267 e. The number of amides is 4. The van der Waals surface area contributed by atoms with Crippen LogP contribution in [-0.2, 0) is 20.4 Å². The van der Waals surface area contributed by atoms with Crippen LogP contribution in [0.15, 0.2) is 58.3 Å². The van der Waals surface area contributed by atoms with Crippen LogP contribution in [0.25, 0.3) is 0 Å². The minimum atomic E-state index is -0.653. The van der Waals surface area contributed by atoms with E-state index in [2.05, 4.69) is 52.4 Å². The third kappa shape index (κ3) is 6.14. The van der Waals surface area contributed by atoms with Gasteiger partial charge in [-0.15, -0.1) is 0 Å². The number of thioether (sulfide) groups is 2. The highest BCUT2D eigenvalue weighted by Crippen LogP contribution is 2.41. The van der Waals surface area contributed by atoms with Gasteiger partial charge < -0.3 is 0 Å². The Hall–Kier alpha value is -3.06. The Labute approximate surface area is 252 Å². The highest BCUT2D eigenvalue weighted by molar-refractivity contribution is 8.29. The van der Waals surface area contributed by atoms with Gasteiger partial charge in [-0.2, -0.15) is 10.0 Å². The lowest BCUT2D eigenvalue weighted by molar-refractivity contribution is -0.126. The molecule has 2 N–H and O–H groups in total. The van der Waals surface area contributed by atoms with Crippen LogP contribution in [0.1, 0.15) is 73.4 Å². The van der Waals surface area contributed by atoms with Gasteiger partial charge in [0.1, 0.15) is 9.81 Å². The maximum absolute atomic E-state index is 13.2. The number of nitrogens with one attached hydrogen (secondary N) is 2. The van der Waals surface area contributed by atoms with Crippen molar-refractivity contribution in [1.82, 2.24) is 20.9 Å². The van der Waals surface area contributed by atoms with Gasteiger partial charge in [0.2, 0.25) is 0 Å². The molecule has 0 bridgehead atoms. The van der Waals surface area contributed by atoms with Crippen molar-refractivity contribution in [3.8, 4) is 0 Å². The number of carbonyl (C=O) groups is 4. The molecule has 4 amide bonds. The van der Waals surface area contributed by atoms with E-state index in [0.29, 0.717) is 11.1 Å². The number of benzene rings is 2. The van der Waals surface area contributed by atoms with Gasteiger partial charge in [-0.1, -0.05) is 89.3 Å². The topological polar surface area (TPSA) is 98.8 Å². The van der Waals surface area contributed by atoms with E-state index < -0.39 is 23.6 Å². The second kappa shape index (κ2) is 11.1. The molecular weight excluding hydrogens is 585 g/mol. The number of hydrogen-bond acceptors (Lipinski definition) is 8. The summed E-state index contributed by atoms with van der Waals surface area (Å²) in [6.45, 7) is 12.4. The zero-order valence-corrected chi connectivity index (χ0v) is 26.0. The van der Waals surface area contributed by atoms with Crippen molar-refractivity contribution < 1.29 is 19.2 Å². The van der Waals surface area contributed by atoms with Gasteiger partial charge in [-0.05, 0) is 70.7 Å². The summed E-state index contributed by atoms with van der Waals surface area (Å²) in [6.07, 6.45) is 0. The van der Waals surface area contributed by atoms with Crippen LogP contribution >= 0.6 is 48.0 Å². The van der Waals surface area contributed by atoms with Gasteiger partial charge >= 0.3 is 0 Å². The van der Waals surface area contributed by atoms with Gasteiger partial charge in [0, 0.05) is 11.1 Å². The first-order valence-corrected chi connectivity index (χ1v) is 14.7. The third-order valence-electron chi connectivity index (χ3n) is 6.20. The Kier molecular flexibility index (Phi) is 8.28. The van der Waals surface area contributed by atoms with E-state index in [1.165, 1.54) is 0 Å². The molecule has 2 aliphatic heterocycles. The van der Waals surface area contributed by atoms with E-state index in [1.54, 1.807) is 24.3 Å². The monoisotopic (exact) mass is 612 g/mol. The molecule has 0 saturated carbocycles. The number of rotatable bonds is 4. The summed E-state index contributed by atoms with van der Waals surface area (Å²) in [6, 6.07) is 14.2. The first kappa shape index (κ1) is 29.9. The van der Waals surface area contributed by atoms with Gasteiger partial charge in [-0.25, -0.2) is 0 Å². The van der Waals surface area contributed by atoms with E-state index in [1.807, 2.05) is 24.3 Å². The predicted octanol–water partition coefficient (Wildman–Crippen LogP) is 5.20. The molecule has 8 nitrogen and oxygen atoms in total. The van der Waals surface area contributed by atoms with Crippen molar-refractivity contribution in [2.75, 3.05) is 0 Å². The maximum atomic E-state index is 13.2. The molecule has 2 aromatic rings. The molecule has 2 heterocycles. The molecule has 0 aromatic heterocycles. The summed E-state index contributed by atoms with van der Waals surface area (Å²) >= 11 is 12.4. The van der Waals surface area contributed by atoms with Crippen LogP contribution in [0.5, 0.6) is 0 Å². The van der Waals surface area contributed by atoms with E-state index >= 15 is 0 Å². The first-order chi connectivity index (χ1) is 18.6. The van der Waals surface area contributed by atoms with Crippen molar-refractivity contribution in [2.24, 2.45) is 0 Å². The highest BCUT2D eigenvalue weighted by atomic mass is 32.2. The number of hydrazine groups is 2. The van der Waals surface area contributed by atoms with Crippen molar-refractivity contribution >= 4 is 80.2 Å². The summed E-state index contributed by atoms with van der Waals surface area (Å²) in [5.74, 6) is -2.34. The number of carbonyl (C=O) groups excluding carboxylic acids is 4. The molecule has 4 rings (SSSR count). The molecule has 2 saturated heterocycles. The minimum Gasteiger partial charge on any atom is -0.267 e. The molecule has 0 aliphatic carbocycles. The predicted molar refractivity (Wildman–Crippen MR) is 166 cm³/mol. The molecule has 208 valence electrons. The van der Waals surface area contributed by atoms with Crippen molar-refractivity contribution in [1.29, 1.82) is 0 Å². The average molecular weight is 613 g/mol. The molecule has 0 radical (unpaired) electrons. The van der Waals surface area contributed by atoms with Crippen molar-refractivity contribution in [3.63, 3.8) is 0 Å². The SMILES string of the molecule is CC(C)(C)c1ccc(C(=O)NN2C(=O)/C(=C3\SC(=S)N(NC(=O)c4ccc(C(C)(C)C)cc4)C3=O)SC2=S)cc1. The maximum Gasteiger partial charge on any atom is 0.286 e. The fourth-order valence-electron chi connectivity index (χ4n) is 3.78. The normalized spacial score (nSPS) is 18.1. The molecule has 2 fully saturated rings. The first-order valence-electron chi connectivity index (χ1n) is 12.3. The second-order valence-corrected chi connectivity index (χ2v) is 14.5. The summed E-state index contributed by atoms with van der Waals surface area (Å²) in [7, 11) is 0. The van der Waals surface area contributed by atoms with Crippen LogP contribution in [0.2, 0.25) is 0 Å². The Balaban J connectivity index is 1.47. The zero-order valence-electron chi connectivity index (χ0n) is 22.8. The van der Waals surface area contributed by atoms with Crippen LogP contribution in [0, 0.1) is 0 Å². The quantitative estimate of drug-likeness (QED) is 0.359. The largest absolute Gasteiger partial charge is 0.286 e. The van der Waals surface area contributed by atoms with Crippen LogP contribution < -0.4 is 10.9 Å². The summed E-state index contributed by atoms with van der Waals surface area (Å²) in [5, 5.41) is 1.88. The number of hydrogen-bond donors (Lipinski definition) is 2. The molecule has 0 spiro atoms. The van der Waals surface area contributed by atoms with E-state index in [4.69, 9.17) is 24.4 Å². The standard InChI is InChI=1S/C28H28N4O4S4/c1-27(2,3)17-11-7-15(8-12-17)21(33)29-31-23(35)19(39-25(31)37)20-24(36)32(26(38)40-20)30-22(34)16-9-13-18(14-10-16)28(4,5)6/h7-14H,1-6H3,(H,29,33)(H,30,34)/b20-19+. The van der Waals surface area contributed by atoms with Crippen LogP contribution in [0.3, 0.4) is 0 Å². The lowest BCUT2D eigenvalue weighted by atomic mass is 9.87. The fourth-order valence-corrected chi connectivity index (χ4v) is 6.29. The van der Waals surface area contributed by atoms with Crippen molar-refractivity contribution in [3.05, 3.63) is 80.6 Å². The van der Waals surface area contributed by atoms with E-state index in [-0.39, 0.29) is 29.3 Å². The van der Waals surface area contributed by atoms with Gasteiger partial charge in [-0.3, -0.25) is 30.0 Å². The molecule has 40 heavy (non-hydrogen) atoms. The van der Waals surface area contributed by atoms with Gasteiger partial charge in [0.25, 0.3) is 23.6 Å². The Morgan fingerprint density at radius 1 is 0.625 bits per heavy atom. The molecule has 2 aliphatic rings. The average Bonchev–Trinajstić information content (AvgIpc) is 3.32. The molecule has 0 atom stereocenters. The third-order valence-corrected chi connectivity index (χ3v) is 9.07. The van der Waals surface area contributed by atoms with E-state index in [0.717, 1.165) is 44.7 Å². The van der Waals surface area contributed by atoms with Gasteiger partial charge in [0.05, 0.1) is 0 Å². The van der Waals surface area contributed by atoms with Gasteiger partial charge in [0.15, 0.2) is 8.64 Å². The molecule has 12 heteroatoms. The molecular formula is C28H28N4O4S4. The summed E-state index contributed by atoms with van der Waals surface area (Å²) in [5.41, 5.74) is 7.73. The fraction of sp³-hybridized carbons (Fsp3) is 0.286. The molecule has 2 aromatic carbocycles. The van der Waals surface area contributed by atoms with Crippen LogP contribution in [-0.4, -0.2) is 42.3 Å². The van der Waals surface area contributed by atoms with E-state index in [9.17, 15) is 19.2 Å². The lowest BCUT2D eigenvalue weighted by Crippen LogP contribution is -2.45. The Bertz CT molecular complexity index is 1360. The summed E-state index contributed by atoms with van der Waals surface area (Å²) < 4.78 is 0.126. The number of nitrogens with zero attached hydrogens (tertiary/aromatic N) is 2. The minimum absolute atomic E-state index is 0.0250.